The number of hydrogen-bond donors (Lipinski definition) is 1. The molecule has 0 aliphatic carbocycles. The predicted octanol–water partition coefficient (Wildman–Crippen LogP) is 2.74. The molecule has 0 heterocycles. The maximum absolute atomic E-state index is 12.6. The van der Waals surface area contributed by atoms with Crippen molar-refractivity contribution in [1.82, 2.24) is 5.32 Å². The fourth-order valence-electron chi connectivity index (χ4n) is 1.07. The van der Waals surface area contributed by atoms with Gasteiger partial charge in [0.15, 0.2) is 0 Å². The van der Waals surface area contributed by atoms with Crippen molar-refractivity contribution in [3.05, 3.63) is 35.6 Å². The molecule has 0 fully saturated rings. The van der Waals surface area contributed by atoms with Gasteiger partial charge in [0, 0.05) is 11.1 Å². The van der Waals surface area contributed by atoms with Gasteiger partial charge in [0.2, 0.25) is 0 Å². The van der Waals surface area contributed by atoms with Crippen LogP contribution in [-0.2, 0) is 0 Å². The first kappa shape index (κ1) is 11.7. The van der Waals surface area contributed by atoms with Crippen molar-refractivity contribution in [2.24, 2.45) is 0 Å². The number of benzene rings is 1. The van der Waals surface area contributed by atoms with Crippen LogP contribution in [0.1, 0.15) is 37.6 Å². The van der Waals surface area contributed by atoms with Crippen LogP contribution in [0, 0.1) is 5.82 Å². The van der Waals surface area contributed by atoms with Crippen molar-refractivity contribution in [1.29, 1.82) is 0 Å². The highest BCUT2D eigenvalue weighted by Gasteiger charge is 2.18. The second kappa shape index (κ2) is 4.43. The lowest BCUT2D eigenvalue weighted by molar-refractivity contribution is 0.0911. The Kier molecular flexibility index (Phi) is 3.45. The van der Waals surface area contributed by atoms with Crippen LogP contribution in [0.5, 0.6) is 0 Å². The van der Waals surface area contributed by atoms with Crippen molar-refractivity contribution in [2.45, 2.75) is 32.7 Å². The molecule has 0 aliphatic heterocycles. The van der Waals surface area contributed by atoms with Crippen molar-refractivity contribution in [3.63, 3.8) is 0 Å². The third-order valence-corrected chi connectivity index (χ3v) is 2.44. The second-order valence-electron chi connectivity index (χ2n) is 4.20. The zero-order valence-electron chi connectivity index (χ0n) is 9.30. The molecule has 0 unspecified atom stereocenters. The highest BCUT2D eigenvalue weighted by atomic mass is 19.1. The molecule has 0 aliphatic rings. The number of rotatable bonds is 3. The zero-order chi connectivity index (χ0) is 11.5. The van der Waals surface area contributed by atoms with Gasteiger partial charge in [0.1, 0.15) is 5.82 Å². The van der Waals surface area contributed by atoms with E-state index in [0.29, 0.717) is 5.56 Å². The van der Waals surface area contributed by atoms with Gasteiger partial charge >= 0.3 is 0 Å². The number of nitrogens with one attached hydrogen (secondary N) is 1. The molecule has 0 bridgehead atoms. The van der Waals surface area contributed by atoms with Crippen LogP contribution in [0.4, 0.5) is 4.39 Å². The maximum atomic E-state index is 12.6. The van der Waals surface area contributed by atoms with Crippen molar-refractivity contribution < 1.29 is 9.18 Å². The summed E-state index contributed by atoms with van der Waals surface area (Å²) >= 11 is 0. The lowest BCUT2D eigenvalue weighted by atomic mass is 10.0. The Morgan fingerprint density at radius 3 is 2.33 bits per heavy atom. The molecule has 0 saturated heterocycles. The van der Waals surface area contributed by atoms with Gasteiger partial charge in [0.25, 0.3) is 5.91 Å². The molecule has 0 atom stereocenters. The highest BCUT2D eigenvalue weighted by molar-refractivity contribution is 5.94. The zero-order valence-corrected chi connectivity index (χ0v) is 9.30. The minimum Gasteiger partial charge on any atom is -0.347 e. The fraction of sp³-hybridized carbons (Fsp3) is 0.417. The number of carbonyl (C=O) groups is 1. The Hall–Kier alpha value is -1.38. The van der Waals surface area contributed by atoms with Gasteiger partial charge < -0.3 is 5.32 Å². The first-order valence-electron chi connectivity index (χ1n) is 5.03. The highest BCUT2D eigenvalue weighted by Crippen LogP contribution is 2.09. The molecule has 0 radical (unpaired) electrons. The molecule has 15 heavy (non-hydrogen) atoms. The Bertz CT molecular complexity index is 343. The summed E-state index contributed by atoms with van der Waals surface area (Å²) in [6, 6.07) is 5.54. The second-order valence-corrected chi connectivity index (χ2v) is 4.20. The van der Waals surface area contributed by atoms with Gasteiger partial charge in [-0.3, -0.25) is 4.79 Å². The number of amides is 1. The van der Waals surface area contributed by atoms with Gasteiger partial charge in [0.05, 0.1) is 0 Å². The molecule has 0 saturated carbocycles. The van der Waals surface area contributed by atoms with E-state index in [0.717, 1.165) is 6.42 Å². The first-order valence-corrected chi connectivity index (χ1v) is 5.03. The molecule has 1 rings (SSSR count). The Labute approximate surface area is 89.5 Å². The third kappa shape index (κ3) is 3.35. The summed E-state index contributed by atoms with van der Waals surface area (Å²) in [7, 11) is 0. The topological polar surface area (TPSA) is 29.1 Å². The predicted molar refractivity (Wildman–Crippen MR) is 58.2 cm³/mol. The van der Waals surface area contributed by atoms with Crippen molar-refractivity contribution in [3.8, 4) is 0 Å². The largest absolute Gasteiger partial charge is 0.347 e. The standard InChI is InChI=1S/C12H16FNO/c1-4-12(2,3)14-11(15)9-5-7-10(13)8-6-9/h5-8H,4H2,1-3H3,(H,14,15). The van der Waals surface area contributed by atoms with E-state index in [2.05, 4.69) is 5.32 Å². The van der Waals surface area contributed by atoms with Crippen LogP contribution in [-0.4, -0.2) is 11.4 Å². The minimum atomic E-state index is -0.332. The van der Waals surface area contributed by atoms with E-state index in [-0.39, 0.29) is 17.3 Å². The maximum Gasteiger partial charge on any atom is 0.251 e. The molecule has 3 heteroatoms. The summed E-state index contributed by atoms with van der Waals surface area (Å²) < 4.78 is 12.6. The van der Waals surface area contributed by atoms with E-state index < -0.39 is 0 Å². The Morgan fingerprint density at radius 2 is 1.87 bits per heavy atom. The monoisotopic (exact) mass is 209 g/mol. The quantitative estimate of drug-likeness (QED) is 0.814. The fourth-order valence-corrected chi connectivity index (χ4v) is 1.07. The number of halogens is 1. The molecule has 1 aromatic carbocycles. The van der Waals surface area contributed by atoms with E-state index in [4.69, 9.17) is 0 Å². The molecule has 2 nitrogen and oxygen atoms in total. The summed E-state index contributed by atoms with van der Waals surface area (Å²) in [5.41, 5.74) is 0.254. The van der Waals surface area contributed by atoms with E-state index >= 15 is 0 Å². The van der Waals surface area contributed by atoms with Gasteiger partial charge in [-0.15, -0.1) is 0 Å². The molecule has 82 valence electrons. The molecule has 0 aromatic heterocycles. The van der Waals surface area contributed by atoms with Crippen LogP contribution < -0.4 is 5.32 Å². The summed E-state index contributed by atoms with van der Waals surface area (Å²) in [5.74, 6) is -0.497. The number of hydrogen-bond acceptors (Lipinski definition) is 1. The van der Waals surface area contributed by atoms with E-state index in [9.17, 15) is 9.18 Å². The van der Waals surface area contributed by atoms with E-state index in [1.807, 2.05) is 20.8 Å². The molecular weight excluding hydrogens is 193 g/mol. The molecule has 0 spiro atoms. The molecular formula is C12H16FNO. The van der Waals surface area contributed by atoms with Crippen molar-refractivity contribution in [2.75, 3.05) is 0 Å². The smallest absolute Gasteiger partial charge is 0.251 e. The van der Waals surface area contributed by atoms with E-state index in [1.165, 1.54) is 24.3 Å². The summed E-state index contributed by atoms with van der Waals surface area (Å²) in [6.45, 7) is 5.91. The third-order valence-electron chi connectivity index (χ3n) is 2.44. The van der Waals surface area contributed by atoms with Crippen molar-refractivity contribution >= 4 is 5.91 Å². The van der Waals surface area contributed by atoms with E-state index in [1.54, 1.807) is 0 Å². The molecule has 1 aromatic rings. The average molecular weight is 209 g/mol. The average Bonchev–Trinajstić information content (AvgIpc) is 2.18. The lowest BCUT2D eigenvalue weighted by Crippen LogP contribution is -2.42. The van der Waals surface area contributed by atoms with Crippen LogP contribution in [0.2, 0.25) is 0 Å². The number of carbonyl (C=O) groups excluding carboxylic acids is 1. The van der Waals surface area contributed by atoms with Crippen LogP contribution >= 0.6 is 0 Å². The first-order chi connectivity index (χ1) is 6.94. The Balaban J connectivity index is 2.74. The van der Waals surface area contributed by atoms with Gasteiger partial charge in [-0.1, -0.05) is 6.92 Å². The summed E-state index contributed by atoms with van der Waals surface area (Å²) in [5, 5.41) is 2.88. The van der Waals surface area contributed by atoms with Crippen LogP contribution in [0.15, 0.2) is 24.3 Å². The SMILES string of the molecule is CCC(C)(C)NC(=O)c1ccc(F)cc1. The molecule has 1 N–H and O–H groups in total. The summed E-state index contributed by atoms with van der Waals surface area (Å²) in [6.07, 6.45) is 0.847. The lowest BCUT2D eigenvalue weighted by Gasteiger charge is -2.24. The summed E-state index contributed by atoms with van der Waals surface area (Å²) in [4.78, 5) is 11.7. The normalized spacial score (nSPS) is 11.2. The van der Waals surface area contributed by atoms with Gasteiger partial charge in [-0.25, -0.2) is 4.39 Å². The van der Waals surface area contributed by atoms with Gasteiger partial charge in [-0.05, 0) is 44.5 Å². The Morgan fingerprint density at radius 1 is 1.33 bits per heavy atom. The van der Waals surface area contributed by atoms with Crippen LogP contribution in [0.25, 0.3) is 0 Å². The minimum absolute atomic E-state index is 0.165. The van der Waals surface area contributed by atoms with Crippen LogP contribution in [0.3, 0.4) is 0 Å². The van der Waals surface area contributed by atoms with Gasteiger partial charge in [-0.2, -0.15) is 0 Å². The molecule has 1 amide bonds.